The highest BCUT2D eigenvalue weighted by molar-refractivity contribution is 6.62. The summed E-state index contributed by atoms with van der Waals surface area (Å²) in [5.74, 6) is 0. The normalized spacial score (nSPS) is 16.2. The van der Waals surface area contributed by atoms with E-state index >= 15 is 0 Å². The Balaban J connectivity index is 2.72. The summed E-state index contributed by atoms with van der Waals surface area (Å²) in [4.78, 5) is 0. The smallest absolute Gasteiger partial charge is 0.377 e. The zero-order chi connectivity index (χ0) is 15.0. The molecule has 0 bridgehead atoms. The van der Waals surface area contributed by atoms with Crippen LogP contribution in [0.25, 0.3) is 0 Å². The maximum Gasteiger partial charge on any atom is 0.504 e. The SMILES string of the molecule is CO[Si](OCC=C(C)C)(OCC=C(C)C)C1CCCC1. The molecule has 0 aliphatic heterocycles. The van der Waals surface area contributed by atoms with Crippen molar-refractivity contribution in [3.8, 4) is 0 Å². The van der Waals surface area contributed by atoms with Crippen LogP contribution in [0, 0.1) is 0 Å². The molecule has 1 rings (SSSR count). The highest BCUT2D eigenvalue weighted by Crippen LogP contribution is 2.40. The molecule has 0 radical (unpaired) electrons. The van der Waals surface area contributed by atoms with Crippen LogP contribution in [0.4, 0.5) is 0 Å². The lowest BCUT2D eigenvalue weighted by Gasteiger charge is -2.32. The average Bonchev–Trinajstić information content (AvgIpc) is 2.90. The van der Waals surface area contributed by atoms with Crippen LogP contribution < -0.4 is 0 Å². The Bertz CT molecular complexity index is 314. The summed E-state index contributed by atoms with van der Waals surface area (Å²) >= 11 is 0. The molecule has 20 heavy (non-hydrogen) atoms. The molecule has 0 spiro atoms. The average molecular weight is 298 g/mol. The van der Waals surface area contributed by atoms with Crippen LogP contribution in [-0.2, 0) is 13.3 Å². The highest BCUT2D eigenvalue weighted by Gasteiger charge is 2.49. The van der Waals surface area contributed by atoms with Crippen molar-refractivity contribution in [2.75, 3.05) is 20.3 Å². The lowest BCUT2D eigenvalue weighted by molar-refractivity contribution is 0.0861. The van der Waals surface area contributed by atoms with E-state index in [-0.39, 0.29) is 0 Å². The Morgan fingerprint density at radius 1 is 0.950 bits per heavy atom. The molecule has 0 aromatic carbocycles. The molecule has 0 unspecified atom stereocenters. The first-order valence-electron chi connectivity index (χ1n) is 7.60. The molecule has 1 aliphatic rings. The van der Waals surface area contributed by atoms with Crippen LogP contribution in [0.15, 0.2) is 23.3 Å². The zero-order valence-corrected chi connectivity index (χ0v) is 14.7. The van der Waals surface area contributed by atoms with Gasteiger partial charge >= 0.3 is 8.80 Å². The lowest BCUT2D eigenvalue weighted by Crippen LogP contribution is -2.49. The van der Waals surface area contributed by atoms with E-state index < -0.39 is 8.80 Å². The number of allylic oxidation sites excluding steroid dienone is 2. The Morgan fingerprint density at radius 2 is 1.40 bits per heavy atom. The Morgan fingerprint density at radius 3 is 1.75 bits per heavy atom. The summed E-state index contributed by atoms with van der Waals surface area (Å²) in [6.45, 7) is 9.51. The van der Waals surface area contributed by atoms with Gasteiger partial charge in [0.15, 0.2) is 0 Å². The van der Waals surface area contributed by atoms with Gasteiger partial charge in [-0.25, -0.2) is 0 Å². The van der Waals surface area contributed by atoms with Crippen LogP contribution in [0.3, 0.4) is 0 Å². The molecule has 0 amide bonds. The maximum atomic E-state index is 6.14. The van der Waals surface area contributed by atoms with Gasteiger partial charge in [-0.15, -0.1) is 0 Å². The van der Waals surface area contributed by atoms with Crippen molar-refractivity contribution in [1.29, 1.82) is 0 Å². The summed E-state index contributed by atoms with van der Waals surface area (Å²) in [7, 11) is -0.814. The third-order valence-corrected chi connectivity index (χ3v) is 6.98. The molecule has 1 aliphatic carbocycles. The van der Waals surface area contributed by atoms with Gasteiger partial charge in [-0.3, -0.25) is 0 Å². The molecular formula is C16H30O3Si. The second-order valence-electron chi connectivity index (χ2n) is 5.97. The van der Waals surface area contributed by atoms with Crippen LogP contribution in [0.1, 0.15) is 53.4 Å². The molecule has 0 aromatic rings. The Labute approximate surface area is 125 Å². The van der Waals surface area contributed by atoms with Crippen LogP contribution in [-0.4, -0.2) is 29.1 Å². The zero-order valence-electron chi connectivity index (χ0n) is 13.7. The summed E-state index contributed by atoms with van der Waals surface area (Å²) in [5.41, 5.74) is 2.99. The first-order chi connectivity index (χ1) is 9.50. The van der Waals surface area contributed by atoms with Gasteiger partial charge in [0.05, 0.1) is 13.2 Å². The largest absolute Gasteiger partial charge is 0.504 e. The van der Waals surface area contributed by atoms with Crippen molar-refractivity contribution < 1.29 is 13.3 Å². The molecule has 0 N–H and O–H groups in total. The topological polar surface area (TPSA) is 27.7 Å². The fourth-order valence-corrected chi connectivity index (χ4v) is 5.36. The fourth-order valence-electron chi connectivity index (χ4n) is 2.49. The van der Waals surface area contributed by atoms with E-state index in [1.807, 2.05) is 0 Å². The van der Waals surface area contributed by atoms with Crippen LogP contribution >= 0.6 is 0 Å². The highest BCUT2D eigenvalue weighted by atomic mass is 28.4. The maximum absolute atomic E-state index is 6.14. The van der Waals surface area contributed by atoms with E-state index in [9.17, 15) is 0 Å². The second kappa shape index (κ2) is 8.77. The van der Waals surface area contributed by atoms with Gasteiger partial charge in [-0.05, 0) is 40.5 Å². The molecule has 1 fully saturated rings. The Kier molecular flexibility index (Phi) is 7.73. The van der Waals surface area contributed by atoms with Gasteiger partial charge in [0.25, 0.3) is 0 Å². The van der Waals surface area contributed by atoms with Gasteiger partial charge < -0.3 is 13.3 Å². The van der Waals surface area contributed by atoms with E-state index in [0.29, 0.717) is 18.8 Å². The first-order valence-corrected chi connectivity index (χ1v) is 9.40. The van der Waals surface area contributed by atoms with Gasteiger partial charge in [0.2, 0.25) is 0 Å². The van der Waals surface area contributed by atoms with Crippen molar-refractivity contribution in [2.45, 2.75) is 58.9 Å². The molecular weight excluding hydrogens is 268 g/mol. The first kappa shape index (κ1) is 17.6. The van der Waals surface area contributed by atoms with Crippen molar-refractivity contribution in [3.63, 3.8) is 0 Å². The fraction of sp³-hybridized carbons (Fsp3) is 0.750. The van der Waals surface area contributed by atoms with Gasteiger partial charge in [-0.2, -0.15) is 0 Å². The minimum atomic E-state index is -2.56. The van der Waals surface area contributed by atoms with E-state index in [4.69, 9.17) is 13.3 Å². The van der Waals surface area contributed by atoms with E-state index in [1.165, 1.54) is 36.8 Å². The standard InChI is InChI=1S/C16H30O3Si/c1-14(2)10-12-18-20(17-5,16-8-6-7-9-16)19-13-11-15(3)4/h10-11,16H,6-9,12-13H2,1-5H3. The second-order valence-corrected chi connectivity index (χ2v) is 8.98. The number of hydrogen-bond donors (Lipinski definition) is 0. The predicted octanol–water partition coefficient (Wildman–Crippen LogP) is 4.48. The molecule has 0 heterocycles. The molecule has 0 aromatic heterocycles. The Hall–Kier alpha value is -0.423. The quantitative estimate of drug-likeness (QED) is 0.488. The molecule has 116 valence electrons. The monoisotopic (exact) mass is 298 g/mol. The van der Waals surface area contributed by atoms with E-state index in [0.717, 1.165) is 0 Å². The van der Waals surface area contributed by atoms with Gasteiger partial charge in [0.1, 0.15) is 0 Å². The molecule has 0 atom stereocenters. The number of hydrogen-bond acceptors (Lipinski definition) is 3. The minimum absolute atomic E-state index is 0.462. The molecule has 1 saturated carbocycles. The molecule has 4 heteroatoms. The third-order valence-electron chi connectivity index (χ3n) is 3.69. The number of rotatable bonds is 8. The van der Waals surface area contributed by atoms with Gasteiger partial charge in [-0.1, -0.05) is 36.1 Å². The summed E-state index contributed by atoms with van der Waals surface area (Å²) in [6.07, 6.45) is 9.06. The summed E-state index contributed by atoms with van der Waals surface area (Å²) in [6, 6.07) is 0. The van der Waals surface area contributed by atoms with Gasteiger partial charge in [0, 0.05) is 12.7 Å². The van der Waals surface area contributed by atoms with E-state index in [1.54, 1.807) is 7.11 Å². The van der Waals surface area contributed by atoms with Crippen LogP contribution in [0.2, 0.25) is 5.54 Å². The lowest BCUT2D eigenvalue weighted by atomic mass is 10.3. The van der Waals surface area contributed by atoms with E-state index in [2.05, 4.69) is 39.8 Å². The predicted molar refractivity (Wildman–Crippen MR) is 85.7 cm³/mol. The summed E-state index contributed by atoms with van der Waals surface area (Å²) < 4.78 is 18.1. The van der Waals surface area contributed by atoms with Crippen molar-refractivity contribution in [1.82, 2.24) is 0 Å². The minimum Gasteiger partial charge on any atom is -0.377 e. The van der Waals surface area contributed by atoms with Crippen LogP contribution in [0.5, 0.6) is 0 Å². The third kappa shape index (κ3) is 5.52. The molecule has 3 nitrogen and oxygen atoms in total. The van der Waals surface area contributed by atoms with Crippen molar-refractivity contribution in [2.24, 2.45) is 0 Å². The molecule has 0 saturated heterocycles. The van der Waals surface area contributed by atoms with Crippen molar-refractivity contribution in [3.05, 3.63) is 23.3 Å². The van der Waals surface area contributed by atoms with Crippen molar-refractivity contribution >= 4 is 8.80 Å². The summed E-state index contributed by atoms with van der Waals surface area (Å²) in [5, 5.41) is 0.